The fraction of sp³-hybridized carbons (Fsp3) is 0. The minimum absolute atomic E-state index is 0.649. The highest BCUT2D eigenvalue weighted by Gasteiger charge is 1.89. The van der Waals surface area contributed by atoms with Crippen LogP contribution in [-0.2, 0) is 0 Å². The molecule has 0 atom stereocenters. The number of thiol groups is 1. The number of hydrogen-bond acceptors (Lipinski definition) is 1. The van der Waals surface area contributed by atoms with Gasteiger partial charge in [-0.3, -0.25) is 0 Å². The first-order valence-corrected chi connectivity index (χ1v) is 5.44. The lowest BCUT2D eigenvalue weighted by molar-refractivity contribution is 1.69. The summed E-state index contributed by atoms with van der Waals surface area (Å²) in [5.41, 5.74) is 1.01. The highest BCUT2D eigenvalue weighted by Crippen LogP contribution is 2.02. The van der Waals surface area contributed by atoms with Gasteiger partial charge in [-0.1, -0.05) is 78.9 Å². The lowest BCUT2D eigenvalue weighted by Crippen LogP contribution is -1.83. The second kappa shape index (κ2) is 7.21. The Balaban J connectivity index is 0.000000162. The molecular weight excluding hydrogens is 220 g/mol. The minimum atomic E-state index is 0.649. The number of rotatable bonds is 1. The molecule has 0 nitrogen and oxygen atoms in total. The molecule has 2 aromatic carbocycles. The van der Waals surface area contributed by atoms with Crippen LogP contribution in [0.1, 0.15) is 5.56 Å². The van der Waals surface area contributed by atoms with Crippen molar-refractivity contribution in [1.82, 2.24) is 0 Å². The smallest absolute Gasteiger partial charge is 0.0747 e. The molecule has 0 aromatic heterocycles. The maximum absolute atomic E-state index is 4.83. The van der Waals surface area contributed by atoms with Crippen LogP contribution in [0, 0.1) is 0 Å². The molecule has 76 valence electrons. The minimum Gasteiger partial charge on any atom is -0.131 e. The van der Waals surface area contributed by atoms with Crippen LogP contribution < -0.4 is 0 Å². The summed E-state index contributed by atoms with van der Waals surface area (Å²) in [5.74, 6) is 0. The van der Waals surface area contributed by atoms with Crippen molar-refractivity contribution in [3.05, 3.63) is 72.3 Å². The molecule has 15 heavy (non-hydrogen) atoms. The number of benzene rings is 2. The van der Waals surface area contributed by atoms with Crippen molar-refractivity contribution in [3.8, 4) is 0 Å². The van der Waals surface area contributed by atoms with Crippen LogP contribution >= 0.6 is 24.8 Å². The average molecular weight is 232 g/mol. The van der Waals surface area contributed by atoms with Crippen molar-refractivity contribution in [3.63, 3.8) is 0 Å². The Labute approximate surface area is 101 Å². The summed E-state index contributed by atoms with van der Waals surface area (Å²) in [4.78, 5) is 0. The molecule has 0 N–H and O–H groups in total. The van der Waals surface area contributed by atoms with Crippen molar-refractivity contribution < 1.29 is 0 Å². The standard InChI is InChI=1S/C7H6S2.C6H6/c8-7(9)6-4-2-1-3-5-6;1-2-4-6-5-3-1/h1-5H,(H,8,9);1-6H. The fourth-order valence-corrected chi connectivity index (χ4v) is 1.25. The summed E-state index contributed by atoms with van der Waals surface area (Å²) in [5, 5.41) is 0. The second-order valence-electron chi connectivity index (χ2n) is 2.83. The van der Waals surface area contributed by atoms with E-state index in [0.29, 0.717) is 4.20 Å². The molecule has 0 bridgehead atoms. The monoisotopic (exact) mass is 232 g/mol. The summed E-state index contributed by atoms with van der Waals surface area (Å²) in [6.07, 6.45) is 0. The van der Waals surface area contributed by atoms with E-state index >= 15 is 0 Å². The van der Waals surface area contributed by atoms with E-state index in [1.807, 2.05) is 66.7 Å². The van der Waals surface area contributed by atoms with Gasteiger partial charge >= 0.3 is 0 Å². The maximum Gasteiger partial charge on any atom is 0.0747 e. The Kier molecular flexibility index (Phi) is 5.74. The second-order valence-corrected chi connectivity index (χ2v) is 3.98. The maximum atomic E-state index is 4.83. The van der Waals surface area contributed by atoms with Gasteiger partial charge in [0.1, 0.15) is 0 Å². The van der Waals surface area contributed by atoms with Gasteiger partial charge in [0.05, 0.1) is 4.20 Å². The third-order valence-corrected chi connectivity index (χ3v) is 2.18. The van der Waals surface area contributed by atoms with Gasteiger partial charge in [0.15, 0.2) is 0 Å². The van der Waals surface area contributed by atoms with Crippen LogP contribution in [0.2, 0.25) is 0 Å². The van der Waals surface area contributed by atoms with E-state index in [9.17, 15) is 0 Å². The number of hydrogen-bond donors (Lipinski definition) is 1. The third kappa shape index (κ3) is 5.35. The molecule has 0 saturated carbocycles. The Morgan fingerprint density at radius 1 is 0.733 bits per heavy atom. The van der Waals surface area contributed by atoms with Crippen molar-refractivity contribution >= 4 is 29.0 Å². The van der Waals surface area contributed by atoms with Crippen LogP contribution in [0.15, 0.2) is 66.7 Å². The topological polar surface area (TPSA) is 0 Å². The Bertz CT molecular complexity index is 355. The molecular formula is C13H12S2. The van der Waals surface area contributed by atoms with Gasteiger partial charge in [0.2, 0.25) is 0 Å². The van der Waals surface area contributed by atoms with Crippen molar-refractivity contribution in [1.29, 1.82) is 0 Å². The predicted octanol–water partition coefficient (Wildman–Crippen LogP) is 3.98. The molecule has 0 radical (unpaired) electrons. The lowest BCUT2D eigenvalue weighted by Gasteiger charge is -1.91. The van der Waals surface area contributed by atoms with E-state index in [1.165, 1.54) is 0 Å². The summed E-state index contributed by atoms with van der Waals surface area (Å²) in [6.45, 7) is 0. The number of thiocarbonyl (C=S) groups is 1. The summed E-state index contributed by atoms with van der Waals surface area (Å²) in [6, 6.07) is 21.7. The van der Waals surface area contributed by atoms with E-state index in [1.54, 1.807) is 0 Å². The highest BCUT2D eigenvalue weighted by molar-refractivity contribution is 8.11. The molecule has 0 saturated heterocycles. The van der Waals surface area contributed by atoms with Crippen molar-refractivity contribution in [2.24, 2.45) is 0 Å². The largest absolute Gasteiger partial charge is 0.131 e. The molecule has 0 spiro atoms. The fourth-order valence-electron chi connectivity index (χ4n) is 0.966. The predicted molar refractivity (Wildman–Crippen MR) is 73.6 cm³/mol. The van der Waals surface area contributed by atoms with Gasteiger partial charge in [-0.15, -0.1) is 12.6 Å². The molecule has 0 amide bonds. The zero-order chi connectivity index (χ0) is 10.9. The van der Waals surface area contributed by atoms with Gasteiger partial charge in [-0.05, 0) is 5.56 Å². The van der Waals surface area contributed by atoms with Crippen molar-refractivity contribution in [2.45, 2.75) is 0 Å². The first-order chi connectivity index (χ1) is 7.30. The molecule has 0 aliphatic carbocycles. The van der Waals surface area contributed by atoms with Crippen LogP contribution in [0.3, 0.4) is 0 Å². The normalized spacial score (nSPS) is 8.60. The Hall–Kier alpha value is -1.12. The lowest BCUT2D eigenvalue weighted by atomic mass is 10.2. The SMILES string of the molecule is S=C(S)c1ccccc1.c1ccccc1. The molecule has 0 unspecified atom stereocenters. The van der Waals surface area contributed by atoms with Crippen LogP contribution in [-0.4, -0.2) is 4.20 Å². The van der Waals surface area contributed by atoms with Gasteiger partial charge in [0.25, 0.3) is 0 Å². The van der Waals surface area contributed by atoms with Crippen LogP contribution in [0.5, 0.6) is 0 Å². The van der Waals surface area contributed by atoms with Gasteiger partial charge in [-0.2, -0.15) is 0 Å². The zero-order valence-corrected chi connectivity index (χ0v) is 9.92. The van der Waals surface area contributed by atoms with Gasteiger partial charge in [-0.25, -0.2) is 0 Å². The summed E-state index contributed by atoms with van der Waals surface area (Å²) < 4.78 is 0.649. The molecule has 0 aliphatic rings. The average Bonchev–Trinajstić information content (AvgIpc) is 2.33. The highest BCUT2D eigenvalue weighted by atomic mass is 32.1. The van der Waals surface area contributed by atoms with Gasteiger partial charge < -0.3 is 0 Å². The Morgan fingerprint density at radius 2 is 1.07 bits per heavy atom. The summed E-state index contributed by atoms with van der Waals surface area (Å²) in [7, 11) is 0. The molecule has 0 aliphatic heterocycles. The first kappa shape index (κ1) is 12.0. The van der Waals surface area contributed by atoms with E-state index in [4.69, 9.17) is 12.2 Å². The van der Waals surface area contributed by atoms with E-state index < -0.39 is 0 Å². The van der Waals surface area contributed by atoms with E-state index in [-0.39, 0.29) is 0 Å². The van der Waals surface area contributed by atoms with E-state index in [0.717, 1.165) is 5.56 Å². The molecule has 2 aromatic rings. The summed E-state index contributed by atoms with van der Waals surface area (Å²) >= 11 is 8.85. The van der Waals surface area contributed by atoms with Gasteiger partial charge in [0, 0.05) is 0 Å². The quantitative estimate of drug-likeness (QED) is 0.573. The molecule has 2 rings (SSSR count). The third-order valence-electron chi connectivity index (χ3n) is 1.69. The van der Waals surface area contributed by atoms with Crippen LogP contribution in [0.25, 0.3) is 0 Å². The first-order valence-electron chi connectivity index (χ1n) is 4.59. The zero-order valence-electron chi connectivity index (χ0n) is 8.21. The molecule has 0 heterocycles. The van der Waals surface area contributed by atoms with E-state index in [2.05, 4.69) is 12.6 Å². The van der Waals surface area contributed by atoms with Crippen molar-refractivity contribution in [2.75, 3.05) is 0 Å². The Morgan fingerprint density at radius 3 is 1.33 bits per heavy atom. The molecule has 2 heteroatoms. The van der Waals surface area contributed by atoms with Crippen LogP contribution in [0.4, 0.5) is 0 Å². The molecule has 0 fully saturated rings.